The van der Waals surface area contributed by atoms with Gasteiger partial charge in [-0.2, -0.15) is 4.98 Å². The van der Waals surface area contributed by atoms with E-state index in [-0.39, 0.29) is 11.4 Å². The van der Waals surface area contributed by atoms with Crippen LogP contribution in [0.15, 0.2) is 53.6 Å². The molecule has 1 aromatic heterocycles. The highest BCUT2D eigenvalue weighted by atomic mass is 32.2. The summed E-state index contributed by atoms with van der Waals surface area (Å²) in [5, 5.41) is 6.30. The van der Waals surface area contributed by atoms with E-state index in [1.807, 2.05) is 0 Å². The van der Waals surface area contributed by atoms with Crippen molar-refractivity contribution < 1.29 is 22.7 Å². The third kappa shape index (κ3) is 4.89. The van der Waals surface area contributed by atoms with E-state index < -0.39 is 16.0 Å². The molecule has 10 nitrogen and oxygen atoms in total. The molecule has 0 fully saturated rings. The van der Waals surface area contributed by atoms with Gasteiger partial charge in [0.1, 0.15) is 17.1 Å². The molecule has 0 saturated heterocycles. The number of sulfonamides is 1. The molecule has 172 valence electrons. The lowest BCUT2D eigenvalue weighted by Gasteiger charge is -2.14. The number of nitrogens with zero attached hydrogens (tertiary/aromatic N) is 2. The second-order valence-corrected chi connectivity index (χ2v) is 8.96. The number of nitrogens with one attached hydrogen (secondary N) is 3. The van der Waals surface area contributed by atoms with Gasteiger partial charge < -0.3 is 20.1 Å². The normalized spacial score (nSPS) is 15.0. The number of fused-ring (bicyclic) bond motifs is 4. The van der Waals surface area contributed by atoms with Crippen LogP contribution in [0.4, 0.5) is 17.5 Å². The minimum Gasteiger partial charge on any atom is -0.496 e. The molecule has 33 heavy (non-hydrogen) atoms. The molecule has 2 aromatic carbocycles. The fraction of sp³-hybridized carbons (Fsp3) is 0.227. The van der Waals surface area contributed by atoms with Gasteiger partial charge in [0.05, 0.1) is 19.1 Å². The maximum Gasteiger partial charge on any atom is 0.341 e. The number of aromatic nitrogens is 2. The summed E-state index contributed by atoms with van der Waals surface area (Å²) < 4.78 is 37.8. The molecular formula is C22H23N5O5S. The molecule has 4 rings (SSSR count). The Morgan fingerprint density at radius 2 is 1.94 bits per heavy atom. The molecule has 0 unspecified atom stereocenters. The third-order valence-electron chi connectivity index (χ3n) is 5.05. The monoisotopic (exact) mass is 469 g/mol. The van der Waals surface area contributed by atoms with Crippen LogP contribution in [0.25, 0.3) is 11.1 Å². The van der Waals surface area contributed by atoms with Crippen LogP contribution < -0.4 is 20.1 Å². The van der Waals surface area contributed by atoms with Crippen LogP contribution in [-0.4, -0.2) is 51.7 Å². The standard InChI is InChI=1S/C22H23N5O5S/c1-31-19-11-14(7-8-17(19)21(28)32-2)18-13-24-22-26-15-5-3-6-16(12-15)33(29,30)25-10-4-9-23-20(18)27-22/h3,5-8,11-13,25H,4,9-10H2,1-2H3,(H2,23,24,26,27). The van der Waals surface area contributed by atoms with Gasteiger partial charge in [-0.05, 0) is 42.3 Å². The maximum absolute atomic E-state index is 12.5. The summed E-state index contributed by atoms with van der Waals surface area (Å²) in [7, 11) is -0.831. The number of carbonyl (C=O) groups excluding carboxylic acids is 1. The average molecular weight is 470 g/mol. The molecule has 4 bridgehead atoms. The van der Waals surface area contributed by atoms with Gasteiger partial charge in [-0.1, -0.05) is 12.1 Å². The Hall–Kier alpha value is -3.70. The number of hydrogen-bond donors (Lipinski definition) is 3. The first-order valence-electron chi connectivity index (χ1n) is 10.2. The average Bonchev–Trinajstić information content (AvgIpc) is 2.83. The van der Waals surface area contributed by atoms with Gasteiger partial charge in [0.2, 0.25) is 16.0 Å². The maximum atomic E-state index is 12.5. The summed E-state index contributed by atoms with van der Waals surface area (Å²) in [5.41, 5.74) is 2.28. The topological polar surface area (TPSA) is 132 Å². The SMILES string of the molecule is COC(=O)c1ccc(-c2cnc3nc2NCCCNS(=O)(=O)c2cccc(c2)N3)cc1OC. The lowest BCUT2D eigenvalue weighted by atomic mass is 10.0. The van der Waals surface area contributed by atoms with Crippen LogP contribution in [0.1, 0.15) is 16.8 Å². The van der Waals surface area contributed by atoms with E-state index in [4.69, 9.17) is 9.47 Å². The highest BCUT2D eigenvalue weighted by Crippen LogP contribution is 2.32. The number of methoxy groups -OCH3 is 2. The van der Waals surface area contributed by atoms with Crippen LogP contribution in [0, 0.1) is 0 Å². The second kappa shape index (κ2) is 9.43. The van der Waals surface area contributed by atoms with Crippen LogP contribution >= 0.6 is 0 Å². The summed E-state index contributed by atoms with van der Waals surface area (Å²) >= 11 is 0. The van der Waals surface area contributed by atoms with E-state index in [0.717, 1.165) is 5.56 Å². The van der Waals surface area contributed by atoms with Crippen molar-refractivity contribution in [2.45, 2.75) is 11.3 Å². The number of esters is 1. The number of rotatable bonds is 3. The zero-order valence-electron chi connectivity index (χ0n) is 18.1. The molecule has 1 aliphatic heterocycles. The molecule has 11 heteroatoms. The second-order valence-electron chi connectivity index (χ2n) is 7.19. The first-order valence-corrected chi connectivity index (χ1v) is 11.6. The summed E-state index contributed by atoms with van der Waals surface area (Å²) in [6.07, 6.45) is 2.19. The number of carbonyl (C=O) groups is 1. The van der Waals surface area contributed by atoms with Gasteiger partial charge in [-0.3, -0.25) is 0 Å². The van der Waals surface area contributed by atoms with Crippen LogP contribution in [-0.2, 0) is 14.8 Å². The quantitative estimate of drug-likeness (QED) is 0.495. The molecule has 0 radical (unpaired) electrons. The van der Waals surface area contributed by atoms with Crippen molar-refractivity contribution in [3.63, 3.8) is 0 Å². The van der Waals surface area contributed by atoms with Gasteiger partial charge in [0.25, 0.3) is 0 Å². The number of anilines is 3. The molecule has 0 spiro atoms. The first kappa shape index (κ1) is 22.5. The fourth-order valence-electron chi connectivity index (χ4n) is 3.38. The highest BCUT2D eigenvalue weighted by molar-refractivity contribution is 7.89. The summed E-state index contributed by atoms with van der Waals surface area (Å²) in [5.74, 6) is 0.729. The third-order valence-corrected chi connectivity index (χ3v) is 6.50. The van der Waals surface area contributed by atoms with Gasteiger partial charge in [0.15, 0.2) is 0 Å². The first-order chi connectivity index (χ1) is 15.9. The van der Waals surface area contributed by atoms with E-state index in [1.54, 1.807) is 36.5 Å². The summed E-state index contributed by atoms with van der Waals surface area (Å²) in [6.45, 7) is 0.739. The lowest BCUT2D eigenvalue weighted by Crippen LogP contribution is -2.26. The predicted octanol–water partition coefficient (Wildman–Crippen LogP) is 2.78. The Morgan fingerprint density at radius 1 is 1.09 bits per heavy atom. The molecule has 0 saturated carbocycles. The molecule has 1 aliphatic rings. The Morgan fingerprint density at radius 3 is 2.73 bits per heavy atom. The van der Waals surface area contributed by atoms with Crippen LogP contribution in [0.2, 0.25) is 0 Å². The largest absolute Gasteiger partial charge is 0.496 e. The van der Waals surface area contributed by atoms with E-state index in [2.05, 4.69) is 25.3 Å². The van der Waals surface area contributed by atoms with Crippen molar-refractivity contribution >= 4 is 33.4 Å². The van der Waals surface area contributed by atoms with E-state index in [9.17, 15) is 13.2 Å². The Balaban J connectivity index is 1.74. The van der Waals surface area contributed by atoms with Crippen molar-refractivity contribution in [2.24, 2.45) is 0 Å². The fourth-order valence-corrected chi connectivity index (χ4v) is 4.50. The van der Waals surface area contributed by atoms with Crippen molar-refractivity contribution in [1.29, 1.82) is 0 Å². The zero-order chi connectivity index (χ0) is 23.4. The smallest absolute Gasteiger partial charge is 0.341 e. The van der Waals surface area contributed by atoms with Crippen molar-refractivity contribution in [2.75, 3.05) is 37.9 Å². The van der Waals surface area contributed by atoms with Crippen molar-refractivity contribution in [3.05, 3.63) is 54.2 Å². The molecule has 2 heterocycles. The Bertz CT molecular complexity index is 1300. The minimum absolute atomic E-state index is 0.161. The molecule has 0 atom stereocenters. The number of benzene rings is 2. The zero-order valence-corrected chi connectivity index (χ0v) is 18.9. The molecular weight excluding hydrogens is 446 g/mol. The van der Waals surface area contributed by atoms with Gasteiger partial charge >= 0.3 is 5.97 Å². The van der Waals surface area contributed by atoms with Gasteiger partial charge in [-0.25, -0.2) is 22.9 Å². The molecule has 3 N–H and O–H groups in total. The Kier molecular flexibility index (Phi) is 6.43. The predicted molar refractivity (Wildman–Crippen MR) is 123 cm³/mol. The highest BCUT2D eigenvalue weighted by Gasteiger charge is 2.18. The summed E-state index contributed by atoms with van der Waals surface area (Å²) in [6, 6.07) is 11.6. The van der Waals surface area contributed by atoms with Gasteiger partial charge in [-0.15, -0.1) is 0 Å². The molecule has 0 amide bonds. The number of ether oxygens (including phenoxy) is 2. The lowest BCUT2D eigenvalue weighted by molar-refractivity contribution is 0.0597. The minimum atomic E-state index is -3.62. The summed E-state index contributed by atoms with van der Waals surface area (Å²) in [4.78, 5) is 21.1. The van der Waals surface area contributed by atoms with E-state index >= 15 is 0 Å². The van der Waals surface area contributed by atoms with Crippen molar-refractivity contribution in [3.8, 4) is 16.9 Å². The van der Waals surface area contributed by atoms with Crippen LogP contribution in [0.5, 0.6) is 5.75 Å². The molecule has 3 aromatic rings. The Labute approximate surface area is 191 Å². The van der Waals surface area contributed by atoms with E-state index in [1.165, 1.54) is 26.4 Å². The van der Waals surface area contributed by atoms with Crippen molar-refractivity contribution in [1.82, 2.24) is 14.7 Å². The van der Waals surface area contributed by atoms with Gasteiger partial charge in [0, 0.05) is 30.5 Å². The van der Waals surface area contributed by atoms with E-state index in [0.29, 0.717) is 47.3 Å². The van der Waals surface area contributed by atoms with Crippen LogP contribution in [0.3, 0.4) is 0 Å². The molecule has 0 aliphatic carbocycles. The number of hydrogen-bond acceptors (Lipinski definition) is 9.